The Bertz CT molecular complexity index is 750. The average Bonchev–Trinajstić information content (AvgIpc) is 3.21. The number of halogens is 4. The van der Waals surface area contributed by atoms with Crippen molar-refractivity contribution in [2.24, 2.45) is 5.92 Å². The van der Waals surface area contributed by atoms with Crippen LogP contribution >= 0.6 is 11.6 Å². The first kappa shape index (κ1) is 17.8. The standard InChI is InChI=1S/C17H16ClF3N2O2/c18-13-14(11-5-7-12(8-6-11)17(19,20)21)23-25-15(13)16(24)22-9-10-3-1-2-4-10/h5-8,10H,1-4,9H2,(H,22,24). The van der Waals surface area contributed by atoms with Crippen molar-refractivity contribution < 1.29 is 22.5 Å². The maximum Gasteiger partial charge on any atom is 0.416 e. The third-order valence-electron chi connectivity index (χ3n) is 4.35. The fourth-order valence-corrected chi connectivity index (χ4v) is 3.21. The first-order chi connectivity index (χ1) is 11.9. The molecule has 0 bridgehead atoms. The van der Waals surface area contributed by atoms with Gasteiger partial charge in [0, 0.05) is 12.1 Å². The summed E-state index contributed by atoms with van der Waals surface area (Å²) in [6, 6.07) is 4.35. The third kappa shape index (κ3) is 3.98. The summed E-state index contributed by atoms with van der Waals surface area (Å²) in [5.41, 5.74) is -0.289. The Morgan fingerprint density at radius 3 is 2.48 bits per heavy atom. The molecule has 1 aromatic heterocycles. The van der Waals surface area contributed by atoms with Crippen molar-refractivity contribution in [1.29, 1.82) is 0 Å². The van der Waals surface area contributed by atoms with E-state index in [4.69, 9.17) is 16.1 Å². The van der Waals surface area contributed by atoms with Crippen molar-refractivity contribution in [2.75, 3.05) is 6.54 Å². The van der Waals surface area contributed by atoms with Crippen LogP contribution < -0.4 is 5.32 Å². The second-order valence-electron chi connectivity index (χ2n) is 6.11. The van der Waals surface area contributed by atoms with E-state index in [2.05, 4.69) is 10.5 Å². The first-order valence-corrected chi connectivity index (χ1v) is 8.35. The molecule has 1 amide bonds. The molecular formula is C17H16ClF3N2O2. The van der Waals surface area contributed by atoms with Crippen LogP contribution in [0.25, 0.3) is 11.3 Å². The van der Waals surface area contributed by atoms with Gasteiger partial charge in [-0.2, -0.15) is 13.2 Å². The fourth-order valence-electron chi connectivity index (χ4n) is 2.95. The van der Waals surface area contributed by atoms with Crippen LogP contribution in [0.3, 0.4) is 0 Å². The lowest BCUT2D eigenvalue weighted by atomic mass is 10.1. The maximum absolute atomic E-state index is 12.6. The molecule has 0 unspecified atom stereocenters. The highest BCUT2D eigenvalue weighted by Crippen LogP contribution is 2.34. The highest BCUT2D eigenvalue weighted by atomic mass is 35.5. The zero-order valence-electron chi connectivity index (χ0n) is 13.2. The molecule has 1 aromatic carbocycles. The quantitative estimate of drug-likeness (QED) is 0.827. The number of hydrogen-bond donors (Lipinski definition) is 1. The van der Waals surface area contributed by atoms with E-state index in [-0.39, 0.29) is 16.5 Å². The molecule has 1 heterocycles. The summed E-state index contributed by atoms with van der Waals surface area (Å²) in [7, 11) is 0. The molecule has 25 heavy (non-hydrogen) atoms. The second kappa shape index (κ2) is 7.07. The summed E-state index contributed by atoms with van der Waals surface area (Å²) in [6.45, 7) is 0.547. The number of nitrogens with zero attached hydrogens (tertiary/aromatic N) is 1. The number of carbonyl (C=O) groups excluding carboxylic acids is 1. The average molecular weight is 373 g/mol. The zero-order chi connectivity index (χ0) is 18.0. The van der Waals surface area contributed by atoms with Gasteiger partial charge in [0.25, 0.3) is 5.91 Å². The van der Waals surface area contributed by atoms with Crippen molar-refractivity contribution in [3.63, 3.8) is 0 Å². The van der Waals surface area contributed by atoms with Crippen LogP contribution in [0.1, 0.15) is 41.8 Å². The molecule has 1 aliphatic carbocycles. The van der Waals surface area contributed by atoms with E-state index in [1.807, 2.05) is 0 Å². The van der Waals surface area contributed by atoms with Crippen LogP contribution in [0.4, 0.5) is 13.2 Å². The molecule has 1 aliphatic rings. The lowest BCUT2D eigenvalue weighted by Gasteiger charge is -2.09. The Hall–Kier alpha value is -2.02. The number of benzene rings is 1. The Morgan fingerprint density at radius 1 is 1.24 bits per heavy atom. The second-order valence-corrected chi connectivity index (χ2v) is 6.49. The van der Waals surface area contributed by atoms with Gasteiger partial charge in [0.2, 0.25) is 5.76 Å². The molecule has 4 nitrogen and oxygen atoms in total. The predicted octanol–water partition coefficient (Wildman–Crippen LogP) is 4.93. The smallest absolute Gasteiger partial charge is 0.349 e. The zero-order valence-corrected chi connectivity index (χ0v) is 14.0. The summed E-state index contributed by atoms with van der Waals surface area (Å²) >= 11 is 6.14. The molecule has 0 saturated heterocycles. The number of aromatic nitrogens is 1. The third-order valence-corrected chi connectivity index (χ3v) is 4.70. The normalized spacial score (nSPS) is 15.5. The number of rotatable bonds is 4. The van der Waals surface area contributed by atoms with Gasteiger partial charge in [0.05, 0.1) is 5.56 Å². The van der Waals surface area contributed by atoms with Gasteiger partial charge >= 0.3 is 6.18 Å². The highest BCUT2D eigenvalue weighted by Gasteiger charge is 2.30. The van der Waals surface area contributed by atoms with Gasteiger partial charge in [-0.1, -0.05) is 41.7 Å². The topological polar surface area (TPSA) is 55.1 Å². The van der Waals surface area contributed by atoms with Gasteiger partial charge in [0.15, 0.2) is 0 Å². The van der Waals surface area contributed by atoms with E-state index in [1.54, 1.807) is 0 Å². The van der Waals surface area contributed by atoms with Gasteiger partial charge in [-0.3, -0.25) is 4.79 Å². The maximum atomic E-state index is 12.6. The molecule has 134 valence electrons. The van der Waals surface area contributed by atoms with Crippen LogP contribution in [-0.2, 0) is 6.18 Å². The van der Waals surface area contributed by atoms with Crippen molar-refractivity contribution in [3.05, 3.63) is 40.6 Å². The van der Waals surface area contributed by atoms with Crippen LogP contribution in [0.5, 0.6) is 0 Å². The summed E-state index contributed by atoms with van der Waals surface area (Å²) in [4.78, 5) is 12.2. The molecule has 0 aliphatic heterocycles. The van der Waals surface area contributed by atoms with E-state index in [0.717, 1.165) is 25.0 Å². The first-order valence-electron chi connectivity index (χ1n) is 7.97. The Labute approximate surface area is 147 Å². The lowest BCUT2D eigenvalue weighted by Crippen LogP contribution is -2.28. The Kier molecular flexibility index (Phi) is 5.03. The number of hydrogen-bond acceptors (Lipinski definition) is 3. The molecule has 8 heteroatoms. The van der Waals surface area contributed by atoms with E-state index in [0.29, 0.717) is 18.0 Å². The number of carbonyl (C=O) groups is 1. The summed E-state index contributed by atoms with van der Waals surface area (Å²) in [5.74, 6) is -0.142. The fraction of sp³-hybridized carbons (Fsp3) is 0.412. The predicted molar refractivity (Wildman–Crippen MR) is 86.2 cm³/mol. The number of alkyl halides is 3. The van der Waals surface area contributed by atoms with E-state index < -0.39 is 17.6 Å². The van der Waals surface area contributed by atoms with Crippen molar-refractivity contribution in [2.45, 2.75) is 31.9 Å². The molecule has 2 aromatic rings. The number of nitrogens with one attached hydrogen (secondary N) is 1. The minimum absolute atomic E-state index is 0.0105. The van der Waals surface area contributed by atoms with Crippen molar-refractivity contribution >= 4 is 17.5 Å². The van der Waals surface area contributed by atoms with Gasteiger partial charge in [0.1, 0.15) is 10.7 Å². The molecule has 1 N–H and O–H groups in total. The van der Waals surface area contributed by atoms with Crippen LogP contribution in [0.2, 0.25) is 5.02 Å². The molecule has 0 atom stereocenters. The summed E-state index contributed by atoms with van der Waals surface area (Å²) in [5, 5.41) is 6.49. The van der Waals surface area contributed by atoms with Gasteiger partial charge < -0.3 is 9.84 Å². The van der Waals surface area contributed by atoms with Gasteiger partial charge in [-0.15, -0.1) is 0 Å². The number of amides is 1. The van der Waals surface area contributed by atoms with Crippen molar-refractivity contribution in [1.82, 2.24) is 10.5 Å². The lowest BCUT2D eigenvalue weighted by molar-refractivity contribution is -0.137. The van der Waals surface area contributed by atoms with E-state index >= 15 is 0 Å². The van der Waals surface area contributed by atoms with Crippen LogP contribution in [0, 0.1) is 5.92 Å². The largest absolute Gasteiger partial charge is 0.416 e. The molecule has 3 rings (SSSR count). The van der Waals surface area contributed by atoms with Crippen molar-refractivity contribution in [3.8, 4) is 11.3 Å². The van der Waals surface area contributed by atoms with Crippen LogP contribution in [0.15, 0.2) is 28.8 Å². The van der Waals surface area contributed by atoms with Gasteiger partial charge in [-0.25, -0.2) is 0 Å². The molecule has 1 fully saturated rings. The minimum Gasteiger partial charge on any atom is -0.349 e. The van der Waals surface area contributed by atoms with Crippen LogP contribution in [-0.4, -0.2) is 17.6 Å². The monoisotopic (exact) mass is 372 g/mol. The summed E-state index contributed by atoms with van der Waals surface area (Å²) in [6.07, 6.45) is 0.0865. The molecular weight excluding hydrogens is 357 g/mol. The molecule has 0 spiro atoms. The summed E-state index contributed by atoms with van der Waals surface area (Å²) < 4.78 is 42.8. The van der Waals surface area contributed by atoms with Gasteiger partial charge in [-0.05, 0) is 30.9 Å². The highest BCUT2D eigenvalue weighted by molar-refractivity contribution is 6.35. The minimum atomic E-state index is -4.42. The molecule has 1 saturated carbocycles. The molecule has 0 radical (unpaired) electrons. The SMILES string of the molecule is O=C(NCC1CCCC1)c1onc(-c2ccc(C(F)(F)F)cc2)c1Cl. The van der Waals surface area contributed by atoms with E-state index in [9.17, 15) is 18.0 Å². The Morgan fingerprint density at radius 2 is 1.88 bits per heavy atom. The Balaban J connectivity index is 1.73. The van der Waals surface area contributed by atoms with E-state index in [1.165, 1.54) is 25.0 Å².